The number of benzene rings is 2. The third kappa shape index (κ3) is 3.94. The molecule has 0 spiro atoms. The standard InChI is InChI=1S/C24H20N4O2S2/c1-16-6-5-9-19-21(16)26-24(32-19)28(14-17-7-3-2-4-8-17)20(29)10-12-27-15-25-22-18(23(27)30)11-13-31-22/h2-9,11,13,15H,10,12,14H2,1H3. The lowest BCUT2D eigenvalue weighted by Gasteiger charge is -2.20. The van der Waals surface area contributed by atoms with E-state index in [-0.39, 0.29) is 24.4 Å². The Bertz CT molecular complexity index is 1470. The maximum absolute atomic E-state index is 13.4. The zero-order chi connectivity index (χ0) is 22.1. The van der Waals surface area contributed by atoms with Gasteiger partial charge in [0.15, 0.2) is 5.13 Å². The minimum absolute atomic E-state index is 0.0807. The average Bonchev–Trinajstić information content (AvgIpc) is 3.46. The lowest BCUT2D eigenvalue weighted by molar-refractivity contribution is -0.119. The molecule has 8 heteroatoms. The number of para-hydroxylation sites is 1. The summed E-state index contributed by atoms with van der Waals surface area (Å²) in [4.78, 5) is 37.6. The van der Waals surface area contributed by atoms with E-state index in [1.54, 1.807) is 11.0 Å². The molecular weight excluding hydrogens is 440 g/mol. The second-order valence-electron chi connectivity index (χ2n) is 7.52. The summed E-state index contributed by atoms with van der Waals surface area (Å²) in [5.74, 6) is -0.0807. The van der Waals surface area contributed by atoms with Gasteiger partial charge in [0.2, 0.25) is 5.91 Å². The van der Waals surface area contributed by atoms with Crippen LogP contribution in [0.15, 0.2) is 71.1 Å². The number of anilines is 1. The number of rotatable bonds is 6. The van der Waals surface area contributed by atoms with Gasteiger partial charge in [0.25, 0.3) is 5.56 Å². The van der Waals surface area contributed by atoms with Crippen LogP contribution in [-0.2, 0) is 17.9 Å². The summed E-state index contributed by atoms with van der Waals surface area (Å²) in [5.41, 5.74) is 2.91. The number of fused-ring (bicyclic) bond motifs is 2. The third-order valence-corrected chi connectivity index (χ3v) is 7.21. The molecule has 6 nitrogen and oxygen atoms in total. The first-order chi connectivity index (χ1) is 15.6. The fourth-order valence-corrected chi connectivity index (χ4v) is 5.41. The normalized spacial score (nSPS) is 11.3. The Balaban J connectivity index is 1.44. The van der Waals surface area contributed by atoms with Crippen LogP contribution in [0.25, 0.3) is 20.4 Å². The Hall–Kier alpha value is -3.36. The van der Waals surface area contributed by atoms with Crippen LogP contribution in [0.3, 0.4) is 0 Å². The van der Waals surface area contributed by atoms with Crippen molar-refractivity contribution in [2.24, 2.45) is 0 Å². The summed E-state index contributed by atoms with van der Waals surface area (Å²) in [7, 11) is 0. The summed E-state index contributed by atoms with van der Waals surface area (Å²) < 4.78 is 2.56. The van der Waals surface area contributed by atoms with E-state index in [1.165, 1.54) is 33.6 Å². The molecule has 0 bridgehead atoms. The van der Waals surface area contributed by atoms with Crippen molar-refractivity contribution in [3.63, 3.8) is 0 Å². The Labute approximate surface area is 192 Å². The summed E-state index contributed by atoms with van der Waals surface area (Å²) in [6.45, 7) is 2.72. The first kappa shape index (κ1) is 20.5. The van der Waals surface area contributed by atoms with Gasteiger partial charge in [-0.25, -0.2) is 9.97 Å². The van der Waals surface area contributed by atoms with Gasteiger partial charge < -0.3 is 0 Å². The number of hydrogen-bond donors (Lipinski definition) is 0. The maximum Gasteiger partial charge on any atom is 0.262 e. The lowest BCUT2D eigenvalue weighted by Crippen LogP contribution is -2.32. The molecular formula is C24H20N4O2S2. The number of thiophene rings is 1. The molecule has 0 aliphatic rings. The van der Waals surface area contributed by atoms with Gasteiger partial charge >= 0.3 is 0 Å². The van der Waals surface area contributed by atoms with Crippen molar-refractivity contribution in [2.75, 3.05) is 4.90 Å². The topological polar surface area (TPSA) is 68.1 Å². The van der Waals surface area contributed by atoms with E-state index in [2.05, 4.69) is 4.98 Å². The summed E-state index contributed by atoms with van der Waals surface area (Å²) in [6.07, 6.45) is 1.70. The number of thiazole rings is 1. The van der Waals surface area contributed by atoms with Crippen molar-refractivity contribution in [1.82, 2.24) is 14.5 Å². The van der Waals surface area contributed by atoms with Gasteiger partial charge in [0, 0.05) is 13.0 Å². The van der Waals surface area contributed by atoms with Crippen LogP contribution >= 0.6 is 22.7 Å². The van der Waals surface area contributed by atoms with Gasteiger partial charge in [0.05, 0.1) is 28.5 Å². The SMILES string of the molecule is Cc1cccc2sc(N(Cc3ccccc3)C(=O)CCn3cnc4sccc4c3=O)nc12. The van der Waals surface area contributed by atoms with Gasteiger partial charge in [-0.2, -0.15) is 0 Å². The molecule has 32 heavy (non-hydrogen) atoms. The molecule has 3 aromatic heterocycles. The molecule has 0 fully saturated rings. The van der Waals surface area contributed by atoms with Crippen LogP contribution in [0.4, 0.5) is 5.13 Å². The number of hydrogen-bond acceptors (Lipinski definition) is 6. The lowest BCUT2D eigenvalue weighted by atomic mass is 10.2. The van der Waals surface area contributed by atoms with Gasteiger partial charge in [-0.3, -0.25) is 19.1 Å². The average molecular weight is 461 g/mol. The number of carbonyl (C=O) groups excluding carboxylic acids is 1. The molecule has 2 aromatic carbocycles. The minimum atomic E-state index is -0.116. The highest BCUT2D eigenvalue weighted by Crippen LogP contribution is 2.31. The number of aromatic nitrogens is 3. The zero-order valence-corrected chi connectivity index (χ0v) is 19.0. The molecule has 0 aliphatic heterocycles. The van der Waals surface area contributed by atoms with Crippen LogP contribution < -0.4 is 10.5 Å². The van der Waals surface area contributed by atoms with Crippen molar-refractivity contribution >= 4 is 54.1 Å². The zero-order valence-electron chi connectivity index (χ0n) is 17.4. The summed E-state index contributed by atoms with van der Waals surface area (Å²) in [6, 6.07) is 17.7. The Kier molecular flexibility index (Phi) is 5.55. The summed E-state index contributed by atoms with van der Waals surface area (Å²) in [5, 5.41) is 3.11. The Morgan fingerprint density at radius 3 is 2.75 bits per heavy atom. The van der Waals surface area contributed by atoms with Crippen LogP contribution in [0, 0.1) is 6.92 Å². The van der Waals surface area contributed by atoms with E-state index in [9.17, 15) is 9.59 Å². The van der Waals surface area contributed by atoms with Crippen molar-refractivity contribution in [2.45, 2.75) is 26.4 Å². The Morgan fingerprint density at radius 2 is 1.94 bits per heavy atom. The maximum atomic E-state index is 13.4. The van der Waals surface area contributed by atoms with Crippen LogP contribution in [0.5, 0.6) is 0 Å². The fourth-order valence-electron chi connectivity index (χ4n) is 3.62. The van der Waals surface area contributed by atoms with E-state index in [0.29, 0.717) is 21.9 Å². The molecule has 5 aromatic rings. The van der Waals surface area contributed by atoms with Crippen molar-refractivity contribution < 1.29 is 4.79 Å². The molecule has 3 heterocycles. The van der Waals surface area contributed by atoms with Crippen LogP contribution in [-0.4, -0.2) is 20.4 Å². The Morgan fingerprint density at radius 1 is 1.09 bits per heavy atom. The predicted octanol–water partition coefficient (Wildman–Crippen LogP) is 5.00. The number of carbonyl (C=O) groups is 1. The molecule has 0 aliphatic carbocycles. The molecule has 0 atom stereocenters. The number of aryl methyl sites for hydroxylation is 2. The molecule has 0 saturated carbocycles. The highest BCUT2D eigenvalue weighted by molar-refractivity contribution is 7.22. The first-order valence-electron chi connectivity index (χ1n) is 10.2. The van der Waals surface area contributed by atoms with Gasteiger partial charge in [-0.05, 0) is 35.6 Å². The second kappa shape index (κ2) is 8.64. The highest BCUT2D eigenvalue weighted by atomic mass is 32.1. The van der Waals surface area contributed by atoms with E-state index in [1.807, 2.05) is 60.8 Å². The molecule has 0 unspecified atom stereocenters. The van der Waals surface area contributed by atoms with Crippen molar-refractivity contribution in [3.8, 4) is 0 Å². The van der Waals surface area contributed by atoms with E-state index in [4.69, 9.17) is 4.98 Å². The second-order valence-corrected chi connectivity index (χ2v) is 9.42. The molecule has 0 radical (unpaired) electrons. The first-order valence-corrected chi connectivity index (χ1v) is 11.9. The smallest absolute Gasteiger partial charge is 0.262 e. The van der Waals surface area contributed by atoms with Gasteiger partial charge in [0.1, 0.15) is 4.83 Å². The summed E-state index contributed by atoms with van der Waals surface area (Å²) >= 11 is 2.94. The van der Waals surface area contributed by atoms with Crippen molar-refractivity contribution in [1.29, 1.82) is 0 Å². The molecule has 160 valence electrons. The predicted molar refractivity (Wildman–Crippen MR) is 130 cm³/mol. The van der Waals surface area contributed by atoms with E-state index >= 15 is 0 Å². The van der Waals surface area contributed by atoms with E-state index < -0.39 is 0 Å². The monoisotopic (exact) mass is 460 g/mol. The minimum Gasteiger partial charge on any atom is -0.298 e. The molecule has 0 saturated heterocycles. The van der Waals surface area contributed by atoms with E-state index in [0.717, 1.165) is 21.3 Å². The fraction of sp³-hybridized carbons (Fsp3) is 0.167. The number of amides is 1. The quantitative estimate of drug-likeness (QED) is 0.358. The van der Waals surface area contributed by atoms with Crippen LogP contribution in [0.1, 0.15) is 17.5 Å². The van der Waals surface area contributed by atoms with Crippen LogP contribution in [0.2, 0.25) is 0 Å². The molecule has 0 N–H and O–H groups in total. The van der Waals surface area contributed by atoms with Gasteiger partial charge in [-0.15, -0.1) is 11.3 Å². The molecule has 1 amide bonds. The largest absolute Gasteiger partial charge is 0.298 e. The third-order valence-electron chi connectivity index (χ3n) is 5.34. The molecule has 5 rings (SSSR count). The van der Waals surface area contributed by atoms with Gasteiger partial charge in [-0.1, -0.05) is 53.8 Å². The van der Waals surface area contributed by atoms with Crippen molar-refractivity contribution in [3.05, 3.63) is 87.8 Å². The highest BCUT2D eigenvalue weighted by Gasteiger charge is 2.21. The number of nitrogens with zero attached hydrogens (tertiary/aromatic N) is 4.